The Hall–Kier alpha value is -6.18. The first kappa shape index (κ1) is 28.1. The highest BCUT2D eigenvalue weighted by Crippen LogP contribution is 2.55. The van der Waals surface area contributed by atoms with Crippen LogP contribution in [0.2, 0.25) is 0 Å². The molecule has 1 unspecified atom stereocenters. The van der Waals surface area contributed by atoms with Gasteiger partial charge in [0.15, 0.2) is 0 Å². The molecule has 48 heavy (non-hydrogen) atoms. The molecule has 0 N–H and O–H groups in total. The summed E-state index contributed by atoms with van der Waals surface area (Å²) in [5, 5.41) is 2.60. The lowest BCUT2D eigenvalue weighted by Crippen LogP contribution is -2.33. The van der Waals surface area contributed by atoms with Crippen molar-refractivity contribution >= 4 is 27.8 Å². The average molecular weight is 612 g/mol. The third-order valence-electron chi connectivity index (χ3n) is 9.94. The van der Waals surface area contributed by atoms with Crippen molar-refractivity contribution in [2.75, 3.05) is 4.90 Å². The topological polar surface area (TPSA) is 3.24 Å². The van der Waals surface area contributed by atoms with Crippen LogP contribution in [0.1, 0.15) is 22.3 Å². The molecule has 0 spiro atoms. The van der Waals surface area contributed by atoms with E-state index in [0.29, 0.717) is 0 Å². The molecule has 1 nitrogen and oxygen atoms in total. The molecular weight excluding hydrogens is 579 g/mol. The van der Waals surface area contributed by atoms with Crippen LogP contribution in [0.15, 0.2) is 200 Å². The number of benzene rings is 8. The van der Waals surface area contributed by atoms with E-state index in [1.54, 1.807) is 0 Å². The molecule has 0 saturated carbocycles. The van der Waals surface area contributed by atoms with Crippen molar-refractivity contribution in [2.24, 2.45) is 0 Å². The van der Waals surface area contributed by atoms with Crippen molar-refractivity contribution in [1.29, 1.82) is 0 Å². The highest BCUT2D eigenvalue weighted by molar-refractivity contribution is 6.04. The number of hydrogen-bond donors (Lipinski definition) is 0. The number of hydrogen-bond acceptors (Lipinski definition) is 1. The number of nitrogens with zero attached hydrogens (tertiary/aromatic N) is 1. The van der Waals surface area contributed by atoms with Crippen LogP contribution in [0.4, 0.5) is 17.1 Å². The number of anilines is 3. The van der Waals surface area contributed by atoms with Crippen LogP contribution < -0.4 is 4.90 Å². The quantitative estimate of drug-likeness (QED) is 0.181. The Morgan fingerprint density at radius 2 is 0.792 bits per heavy atom. The minimum atomic E-state index is -0.487. The zero-order valence-corrected chi connectivity index (χ0v) is 26.5. The molecule has 1 heteroatoms. The normalized spacial score (nSPS) is 14.8. The van der Waals surface area contributed by atoms with Crippen molar-refractivity contribution in [2.45, 2.75) is 5.41 Å². The Labute approximate surface area is 282 Å². The molecule has 0 saturated heterocycles. The number of para-hydroxylation sites is 1. The fraction of sp³-hybridized carbons (Fsp3) is 0.0213. The maximum Gasteiger partial charge on any atom is 0.0713 e. The fourth-order valence-electron chi connectivity index (χ4n) is 7.86. The molecule has 1 aliphatic carbocycles. The SMILES string of the molecule is c1ccc(-c2ccc(N(c3ccccc3)c3ccc(C4(c5ccccc5)c5ccccc5-c5cccc6cccc4c56)cc3)cc2)cc1. The van der Waals surface area contributed by atoms with E-state index in [4.69, 9.17) is 0 Å². The third kappa shape index (κ3) is 4.40. The van der Waals surface area contributed by atoms with Gasteiger partial charge < -0.3 is 4.90 Å². The summed E-state index contributed by atoms with van der Waals surface area (Å²) in [7, 11) is 0. The third-order valence-corrected chi connectivity index (χ3v) is 9.94. The maximum atomic E-state index is 2.35. The van der Waals surface area contributed by atoms with Gasteiger partial charge in [0.05, 0.1) is 5.41 Å². The van der Waals surface area contributed by atoms with E-state index in [-0.39, 0.29) is 0 Å². The van der Waals surface area contributed by atoms with E-state index >= 15 is 0 Å². The smallest absolute Gasteiger partial charge is 0.0713 e. The number of rotatable bonds is 6. The molecule has 0 aliphatic heterocycles. The Balaban J connectivity index is 1.24. The van der Waals surface area contributed by atoms with Gasteiger partial charge in [0.2, 0.25) is 0 Å². The summed E-state index contributed by atoms with van der Waals surface area (Å²) >= 11 is 0. The van der Waals surface area contributed by atoms with Gasteiger partial charge in [-0.25, -0.2) is 0 Å². The van der Waals surface area contributed by atoms with Crippen molar-refractivity contribution in [3.63, 3.8) is 0 Å². The van der Waals surface area contributed by atoms with E-state index in [1.807, 2.05) is 0 Å². The van der Waals surface area contributed by atoms with E-state index in [0.717, 1.165) is 17.1 Å². The second kappa shape index (κ2) is 11.6. The molecule has 0 amide bonds. The molecule has 8 aromatic carbocycles. The van der Waals surface area contributed by atoms with Crippen LogP contribution in [0, 0.1) is 0 Å². The predicted octanol–water partition coefficient (Wildman–Crippen LogP) is 12.3. The summed E-state index contributed by atoms with van der Waals surface area (Å²) in [5.74, 6) is 0. The molecule has 0 radical (unpaired) electrons. The Morgan fingerprint density at radius 3 is 1.50 bits per heavy atom. The van der Waals surface area contributed by atoms with Gasteiger partial charge in [-0.2, -0.15) is 0 Å². The second-order valence-electron chi connectivity index (χ2n) is 12.5. The van der Waals surface area contributed by atoms with Gasteiger partial charge in [0, 0.05) is 17.1 Å². The van der Waals surface area contributed by atoms with Crippen LogP contribution in [0.25, 0.3) is 33.0 Å². The first-order chi connectivity index (χ1) is 23.8. The predicted molar refractivity (Wildman–Crippen MR) is 201 cm³/mol. The molecule has 9 rings (SSSR count). The molecule has 0 heterocycles. The van der Waals surface area contributed by atoms with Gasteiger partial charge in [0.25, 0.3) is 0 Å². The molecule has 8 aromatic rings. The standard InChI is InChI=1S/C47H33N/c1-4-14-34(15-5-1)35-26-30-40(31-27-35)48(39-20-8-3-9-21-39)41-32-28-38(29-33-41)47(37-18-6-2-7-19-37)44-24-11-10-22-42(44)43-23-12-16-36-17-13-25-45(47)46(36)43/h1-33H. The summed E-state index contributed by atoms with van der Waals surface area (Å²) in [6, 6.07) is 72.9. The van der Waals surface area contributed by atoms with E-state index in [1.165, 1.54) is 55.3 Å². The van der Waals surface area contributed by atoms with Crippen LogP contribution >= 0.6 is 0 Å². The molecule has 1 aliphatic rings. The van der Waals surface area contributed by atoms with Crippen molar-refractivity contribution in [1.82, 2.24) is 0 Å². The molecule has 1 atom stereocenters. The minimum absolute atomic E-state index is 0.487. The van der Waals surface area contributed by atoms with Crippen LogP contribution in [-0.4, -0.2) is 0 Å². The molecule has 0 fully saturated rings. The summed E-state index contributed by atoms with van der Waals surface area (Å²) in [5.41, 5.74) is 13.0. The lowest BCUT2D eigenvalue weighted by molar-refractivity contribution is 0.750. The van der Waals surface area contributed by atoms with Gasteiger partial charge in [-0.15, -0.1) is 0 Å². The van der Waals surface area contributed by atoms with E-state index in [2.05, 4.69) is 205 Å². The lowest BCUT2D eigenvalue weighted by Gasteiger charge is -2.42. The molecular formula is C47H33N. The summed E-state index contributed by atoms with van der Waals surface area (Å²) in [6.07, 6.45) is 0. The summed E-state index contributed by atoms with van der Waals surface area (Å²) in [6.45, 7) is 0. The van der Waals surface area contributed by atoms with Crippen molar-refractivity contribution in [3.8, 4) is 22.3 Å². The molecule has 0 aromatic heterocycles. The monoisotopic (exact) mass is 611 g/mol. The summed E-state index contributed by atoms with van der Waals surface area (Å²) in [4.78, 5) is 2.35. The highest BCUT2D eigenvalue weighted by Gasteiger charge is 2.44. The van der Waals surface area contributed by atoms with Gasteiger partial charge in [-0.3, -0.25) is 0 Å². The van der Waals surface area contributed by atoms with Gasteiger partial charge in [-0.1, -0.05) is 164 Å². The van der Waals surface area contributed by atoms with Crippen LogP contribution in [0.3, 0.4) is 0 Å². The van der Waals surface area contributed by atoms with Crippen LogP contribution in [-0.2, 0) is 5.41 Å². The second-order valence-corrected chi connectivity index (χ2v) is 12.5. The Morgan fingerprint density at radius 1 is 0.312 bits per heavy atom. The van der Waals surface area contributed by atoms with Crippen LogP contribution in [0.5, 0.6) is 0 Å². The van der Waals surface area contributed by atoms with E-state index < -0.39 is 5.41 Å². The maximum absolute atomic E-state index is 2.35. The minimum Gasteiger partial charge on any atom is -0.311 e. The summed E-state index contributed by atoms with van der Waals surface area (Å²) < 4.78 is 0. The number of fused-ring (bicyclic) bond motifs is 2. The molecule has 0 bridgehead atoms. The Kier molecular flexibility index (Phi) is 6.76. The zero-order valence-electron chi connectivity index (χ0n) is 26.5. The Bertz CT molecular complexity index is 2360. The highest BCUT2D eigenvalue weighted by atomic mass is 15.1. The van der Waals surface area contributed by atoms with Crippen molar-refractivity contribution < 1.29 is 0 Å². The van der Waals surface area contributed by atoms with Gasteiger partial charge >= 0.3 is 0 Å². The van der Waals surface area contributed by atoms with Crippen molar-refractivity contribution in [3.05, 3.63) is 222 Å². The first-order valence-electron chi connectivity index (χ1n) is 16.6. The van der Waals surface area contributed by atoms with E-state index in [9.17, 15) is 0 Å². The van der Waals surface area contributed by atoms with Gasteiger partial charge in [-0.05, 0) is 91.7 Å². The lowest BCUT2D eigenvalue weighted by atomic mass is 9.59. The average Bonchev–Trinajstić information content (AvgIpc) is 3.17. The largest absolute Gasteiger partial charge is 0.311 e. The fourth-order valence-corrected chi connectivity index (χ4v) is 7.86. The first-order valence-corrected chi connectivity index (χ1v) is 16.6. The zero-order chi connectivity index (χ0) is 31.9. The molecule has 226 valence electrons. The van der Waals surface area contributed by atoms with Gasteiger partial charge in [0.1, 0.15) is 0 Å².